The van der Waals surface area contributed by atoms with Crippen molar-refractivity contribution in [3.63, 3.8) is 0 Å². The van der Waals surface area contributed by atoms with Crippen molar-refractivity contribution in [1.82, 2.24) is 0 Å². The summed E-state index contributed by atoms with van der Waals surface area (Å²) in [5.74, 6) is 0.129. The van der Waals surface area contributed by atoms with Crippen LogP contribution >= 0.6 is 11.6 Å². The zero-order valence-corrected chi connectivity index (χ0v) is 9.70. The van der Waals surface area contributed by atoms with Crippen LogP contribution in [-0.4, -0.2) is 21.9 Å². The van der Waals surface area contributed by atoms with Crippen molar-refractivity contribution in [2.75, 3.05) is 5.88 Å². The molecule has 1 rings (SSSR count). The minimum Gasteiger partial charge on any atom is -0.504 e. The fraction of sp³-hybridized carbons (Fsp3) is 0.417. The van der Waals surface area contributed by atoms with Crippen molar-refractivity contribution in [3.8, 4) is 11.5 Å². The number of benzene rings is 1. The molecule has 0 saturated carbocycles. The van der Waals surface area contributed by atoms with E-state index in [1.165, 1.54) is 18.2 Å². The number of rotatable bonds is 6. The van der Waals surface area contributed by atoms with E-state index in [0.29, 0.717) is 17.9 Å². The number of hydrogen-bond donors (Lipinski definition) is 2. The largest absolute Gasteiger partial charge is 0.504 e. The highest BCUT2D eigenvalue weighted by Crippen LogP contribution is 2.25. The maximum atomic E-state index is 11.6. The summed E-state index contributed by atoms with van der Waals surface area (Å²) < 4.78 is 0. The van der Waals surface area contributed by atoms with Gasteiger partial charge in [0.05, 0.1) is 0 Å². The molecule has 0 bridgehead atoms. The SMILES string of the molecule is O=C(CCCCCCl)c1ccc(O)c(O)c1. The maximum absolute atomic E-state index is 11.6. The summed E-state index contributed by atoms with van der Waals surface area (Å²) in [5, 5.41) is 18.3. The van der Waals surface area contributed by atoms with Crippen LogP contribution in [0.1, 0.15) is 36.0 Å². The van der Waals surface area contributed by atoms with Gasteiger partial charge in [-0.2, -0.15) is 0 Å². The first-order chi connectivity index (χ1) is 7.65. The Labute approximate surface area is 99.7 Å². The van der Waals surface area contributed by atoms with E-state index < -0.39 is 0 Å². The normalized spacial score (nSPS) is 10.3. The fourth-order valence-electron chi connectivity index (χ4n) is 1.40. The number of carbonyl (C=O) groups is 1. The summed E-state index contributed by atoms with van der Waals surface area (Å²) in [6.45, 7) is 0. The molecular weight excluding hydrogens is 228 g/mol. The zero-order chi connectivity index (χ0) is 12.0. The van der Waals surface area contributed by atoms with Gasteiger partial charge in [0.25, 0.3) is 0 Å². The topological polar surface area (TPSA) is 57.5 Å². The molecule has 0 spiro atoms. The van der Waals surface area contributed by atoms with Gasteiger partial charge in [0.2, 0.25) is 0 Å². The van der Waals surface area contributed by atoms with Crippen LogP contribution in [0.5, 0.6) is 11.5 Å². The van der Waals surface area contributed by atoms with Gasteiger partial charge in [0.1, 0.15) is 0 Å². The van der Waals surface area contributed by atoms with Crippen molar-refractivity contribution in [3.05, 3.63) is 23.8 Å². The van der Waals surface area contributed by atoms with Crippen LogP contribution in [0.4, 0.5) is 0 Å². The number of aromatic hydroxyl groups is 2. The number of alkyl halides is 1. The molecule has 0 aromatic heterocycles. The van der Waals surface area contributed by atoms with E-state index >= 15 is 0 Å². The lowest BCUT2D eigenvalue weighted by Crippen LogP contribution is -1.98. The maximum Gasteiger partial charge on any atom is 0.163 e. The van der Waals surface area contributed by atoms with E-state index in [0.717, 1.165) is 19.3 Å². The fourth-order valence-corrected chi connectivity index (χ4v) is 1.59. The average molecular weight is 243 g/mol. The number of phenolic OH excluding ortho intramolecular Hbond substituents is 2. The van der Waals surface area contributed by atoms with Gasteiger partial charge in [-0.1, -0.05) is 6.42 Å². The standard InChI is InChI=1S/C12H15ClO3/c13-7-3-1-2-4-10(14)9-5-6-11(15)12(16)8-9/h5-6,8,15-16H,1-4,7H2. The van der Waals surface area contributed by atoms with Crippen molar-refractivity contribution >= 4 is 17.4 Å². The van der Waals surface area contributed by atoms with Crippen molar-refractivity contribution < 1.29 is 15.0 Å². The van der Waals surface area contributed by atoms with Gasteiger partial charge in [0, 0.05) is 17.9 Å². The van der Waals surface area contributed by atoms with Crippen LogP contribution in [0.15, 0.2) is 18.2 Å². The van der Waals surface area contributed by atoms with Crippen LogP contribution in [0.2, 0.25) is 0 Å². The number of Topliss-reactive ketones (excluding diaryl/α,β-unsaturated/α-hetero) is 1. The van der Waals surface area contributed by atoms with Crippen LogP contribution < -0.4 is 0 Å². The lowest BCUT2D eigenvalue weighted by Gasteiger charge is -2.02. The lowest BCUT2D eigenvalue weighted by molar-refractivity contribution is 0.0979. The van der Waals surface area contributed by atoms with E-state index in [1.807, 2.05) is 0 Å². The van der Waals surface area contributed by atoms with E-state index in [4.69, 9.17) is 16.7 Å². The molecule has 0 atom stereocenters. The molecule has 1 aromatic carbocycles. The molecule has 1 aromatic rings. The highest BCUT2D eigenvalue weighted by molar-refractivity contribution is 6.17. The van der Waals surface area contributed by atoms with Crippen LogP contribution in [0, 0.1) is 0 Å². The number of halogens is 1. The number of unbranched alkanes of at least 4 members (excludes halogenated alkanes) is 2. The van der Waals surface area contributed by atoms with Gasteiger partial charge >= 0.3 is 0 Å². The van der Waals surface area contributed by atoms with Gasteiger partial charge in [0.15, 0.2) is 17.3 Å². The Morgan fingerprint density at radius 3 is 2.50 bits per heavy atom. The van der Waals surface area contributed by atoms with Crippen molar-refractivity contribution in [1.29, 1.82) is 0 Å². The molecule has 16 heavy (non-hydrogen) atoms. The molecular formula is C12H15ClO3. The van der Waals surface area contributed by atoms with Crippen molar-refractivity contribution in [2.24, 2.45) is 0 Å². The van der Waals surface area contributed by atoms with Gasteiger partial charge in [-0.3, -0.25) is 4.79 Å². The van der Waals surface area contributed by atoms with Crippen molar-refractivity contribution in [2.45, 2.75) is 25.7 Å². The molecule has 0 aliphatic rings. The summed E-state index contributed by atoms with van der Waals surface area (Å²) in [4.78, 5) is 11.6. The minimum atomic E-state index is -0.258. The summed E-state index contributed by atoms with van der Waals surface area (Å²) >= 11 is 5.53. The van der Waals surface area contributed by atoms with Gasteiger partial charge in [-0.15, -0.1) is 11.6 Å². The molecule has 0 saturated heterocycles. The highest BCUT2D eigenvalue weighted by atomic mass is 35.5. The van der Waals surface area contributed by atoms with Gasteiger partial charge in [-0.25, -0.2) is 0 Å². The van der Waals surface area contributed by atoms with Crippen LogP contribution in [0.25, 0.3) is 0 Å². The highest BCUT2D eigenvalue weighted by Gasteiger charge is 2.08. The van der Waals surface area contributed by atoms with Gasteiger partial charge in [-0.05, 0) is 31.0 Å². The van der Waals surface area contributed by atoms with E-state index in [1.54, 1.807) is 0 Å². The van der Waals surface area contributed by atoms with Crippen LogP contribution in [-0.2, 0) is 0 Å². The molecule has 0 heterocycles. The first-order valence-corrected chi connectivity index (χ1v) is 5.79. The Balaban J connectivity index is 2.50. The molecule has 0 radical (unpaired) electrons. The lowest BCUT2D eigenvalue weighted by atomic mass is 10.0. The van der Waals surface area contributed by atoms with E-state index in [9.17, 15) is 9.90 Å². The number of carbonyl (C=O) groups excluding carboxylic acids is 1. The molecule has 3 nitrogen and oxygen atoms in total. The van der Waals surface area contributed by atoms with Crippen LogP contribution in [0.3, 0.4) is 0 Å². The second kappa shape index (κ2) is 6.38. The molecule has 2 N–H and O–H groups in total. The van der Waals surface area contributed by atoms with Gasteiger partial charge < -0.3 is 10.2 Å². The average Bonchev–Trinajstić information content (AvgIpc) is 2.28. The zero-order valence-electron chi connectivity index (χ0n) is 8.95. The molecule has 0 unspecified atom stereocenters. The molecule has 0 aliphatic carbocycles. The second-order valence-corrected chi connectivity index (χ2v) is 4.00. The Hall–Kier alpha value is -1.22. The summed E-state index contributed by atoms with van der Waals surface area (Å²) in [6, 6.07) is 4.12. The summed E-state index contributed by atoms with van der Waals surface area (Å²) in [7, 11) is 0. The molecule has 4 heteroatoms. The minimum absolute atomic E-state index is 0.0233. The first kappa shape index (κ1) is 12.8. The quantitative estimate of drug-likeness (QED) is 0.349. The Morgan fingerprint density at radius 1 is 1.12 bits per heavy atom. The van der Waals surface area contributed by atoms with E-state index in [2.05, 4.69) is 0 Å². The number of ketones is 1. The molecule has 0 amide bonds. The molecule has 0 fully saturated rings. The monoisotopic (exact) mass is 242 g/mol. The first-order valence-electron chi connectivity index (χ1n) is 5.26. The smallest absolute Gasteiger partial charge is 0.163 e. The summed E-state index contributed by atoms with van der Waals surface area (Å²) in [6.07, 6.45) is 3.09. The summed E-state index contributed by atoms with van der Waals surface area (Å²) in [5.41, 5.74) is 0.432. The predicted octanol–water partition coefficient (Wildman–Crippen LogP) is 3.08. The molecule has 88 valence electrons. The number of hydrogen-bond acceptors (Lipinski definition) is 3. The third-order valence-corrected chi connectivity index (χ3v) is 2.60. The third-order valence-electron chi connectivity index (χ3n) is 2.33. The Morgan fingerprint density at radius 2 is 1.88 bits per heavy atom. The number of phenols is 2. The predicted molar refractivity (Wildman–Crippen MR) is 63.3 cm³/mol. The second-order valence-electron chi connectivity index (χ2n) is 3.63. The van der Waals surface area contributed by atoms with E-state index in [-0.39, 0.29) is 17.3 Å². The molecule has 0 aliphatic heterocycles. The third kappa shape index (κ3) is 3.74. The Bertz CT molecular complexity index is 363. The Kier molecular flexibility index (Phi) is 5.12.